The summed E-state index contributed by atoms with van der Waals surface area (Å²) in [5, 5.41) is 19.7. The zero-order valence-electron chi connectivity index (χ0n) is 17.9. The van der Waals surface area contributed by atoms with Crippen molar-refractivity contribution >= 4 is 23.2 Å². The molecule has 31 heavy (non-hydrogen) atoms. The zero-order chi connectivity index (χ0) is 22.5. The van der Waals surface area contributed by atoms with Crippen LogP contribution in [0.1, 0.15) is 25.8 Å². The van der Waals surface area contributed by atoms with Crippen LogP contribution in [0.2, 0.25) is 0 Å². The number of nitrogens with zero attached hydrogens (tertiary/aromatic N) is 2. The minimum atomic E-state index is -0.513. The van der Waals surface area contributed by atoms with E-state index in [-0.39, 0.29) is 36.1 Å². The lowest BCUT2D eigenvalue weighted by Gasteiger charge is -2.26. The quantitative estimate of drug-likeness (QED) is 0.275. The van der Waals surface area contributed by atoms with Crippen LogP contribution < -0.4 is 15.0 Å². The van der Waals surface area contributed by atoms with Crippen molar-refractivity contribution in [2.75, 3.05) is 25.1 Å². The van der Waals surface area contributed by atoms with Gasteiger partial charge in [-0.25, -0.2) is 0 Å². The maximum Gasteiger partial charge on any atom is 0.256 e. The Bertz CT molecular complexity index is 1060. The Balaban J connectivity index is 1.63. The van der Waals surface area contributed by atoms with E-state index >= 15 is 0 Å². The first-order valence-corrected chi connectivity index (χ1v) is 9.99. The van der Waals surface area contributed by atoms with Gasteiger partial charge in [0.1, 0.15) is 18.1 Å². The molecule has 2 amide bonds. The Labute approximate surface area is 181 Å². The van der Waals surface area contributed by atoms with Gasteiger partial charge in [0.15, 0.2) is 0 Å². The average molecular weight is 422 g/mol. The highest BCUT2D eigenvalue weighted by Gasteiger charge is 2.21. The van der Waals surface area contributed by atoms with Crippen molar-refractivity contribution in [1.29, 1.82) is 5.41 Å². The number of carbonyl (C=O) groups is 2. The van der Waals surface area contributed by atoms with Crippen LogP contribution in [-0.4, -0.2) is 47.8 Å². The molecular formula is C23H26N4O4. The number of carbonyl (C=O) groups excluding carboxylic acids is 2. The van der Waals surface area contributed by atoms with Gasteiger partial charge in [0.2, 0.25) is 5.91 Å². The molecular weight excluding hydrogens is 396 g/mol. The van der Waals surface area contributed by atoms with Crippen molar-refractivity contribution in [2.24, 2.45) is 0 Å². The van der Waals surface area contributed by atoms with Crippen LogP contribution in [-0.2, 0) is 16.0 Å². The van der Waals surface area contributed by atoms with Gasteiger partial charge in [-0.3, -0.25) is 14.6 Å². The Morgan fingerprint density at radius 3 is 2.71 bits per heavy atom. The van der Waals surface area contributed by atoms with E-state index in [1.54, 1.807) is 24.3 Å². The number of hydrogen-bond acceptors (Lipinski definition) is 6. The van der Waals surface area contributed by atoms with Gasteiger partial charge >= 0.3 is 0 Å². The zero-order valence-corrected chi connectivity index (χ0v) is 17.9. The van der Waals surface area contributed by atoms with Crippen LogP contribution in [0, 0.1) is 5.41 Å². The topological polar surface area (TPSA) is 116 Å². The third kappa shape index (κ3) is 5.09. The lowest BCUT2D eigenvalue weighted by Crippen LogP contribution is -2.31. The molecule has 3 rings (SSSR count). The highest BCUT2D eigenvalue weighted by atomic mass is 16.5. The fourth-order valence-corrected chi connectivity index (χ4v) is 3.52. The Kier molecular flexibility index (Phi) is 6.69. The molecule has 8 heteroatoms. The van der Waals surface area contributed by atoms with Crippen molar-refractivity contribution in [3.63, 3.8) is 0 Å². The number of aliphatic hydroxyl groups excluding tert-OH is 1. The van der Waals surface area contributed by atoms with Crippen molar-refractivity contribution in [3.05, 3.63) is 53.6 Å². The number of aliphatic hydroxyl groups is 1. The van der Waals surface area contributed by atoms with Crippen LogP contribution in [0.4, 0.5) is 5.69 Å². The van der Waals surface area contributed by atoms with Gasteiger partial charge in [-0.1, -0.05) is 6.07 Å². The highest BCUT2D eigenvalue weighted by Crippen LogP contribution is 2.32. The maximum atomic E-state index is 12.1. The van der Waals surface area contributed by atoms with Crippen LogP contribution in [0.15, 0.2) is 48.0 Å². The van der Waals surface area contributed by atoms with Crippen LogP contribution in [0.3, 0.4) is 0 Å². The molecule has 3 N–H and O–H groups in total. The molecule has 0 atom stereocenters. The summed E-state index contributed by atoms with van der Waals surface area (Å²) < 4.78 is 5.70. The monoisotopic (exact) mass is 422 g/mol. The summed E-state index contributed by atoms with van der Waals surface area (Å²) in [5.74, 6) is -0.0186. The Morgan fingerprint density at radius 1 is 1.23 bits per heavy atom. The van der Waals surface area contributed by atoms with Crippen molar-refractivity contribution < 1.29 is 19.4 Å². The Morgan fingerprint density at radius 2 is 2.00 bits per heavy atom. The number of pyridine rings is 1. The largest absolute Gasteiger partial charge is 0.512 e. The third-order valence-electron chi connectivity index (χ3n) is 5.09. The first kappa shape index (κ1) is 22.0. The van der Waals surface area contributed by atoms with Crippen LogP contribution in [0.25, 0.3) is 11.1 Å². The molecule has 0 saturated carbocycles. The first-order valence-electron chi connectivity index (χ1n) is 9.99. The number of rotatable bonds is 7. The lowest BCUT2D eigenvalue weighted by atomic mass is 9.97. The number of ether oxygens (including phenoxy) is 1. The van der Waals surface area contributed by atoms with Gasteiger partial charge < -0.3 is 25.5 Å². The van der Waals surface area contributed by atoms with E-state index in [4.69, 9.17) is 10.1 Å². The SMILES string of the molecule is CC(=N)/C(C(=O)NCCOc1cncc(-c2ccc3c(c2)CCC(=O)N3C)c1)=C(/C)O. The molecule has 1 aromatic carbocycles. The molecule has 0 saturated heterocycles. The molecule has 0 radical (unpaired) electrons. The fraction of sp³-hybridized carbons (Fsp3) is 0.304. The number of allylic oxidation sites excluding steroid dienone is 1. The minimum absolute atomic E-state index is 0.00377. The van der Waals surface area contributed by atoms with Gasteiger partial charge in [0, 0.05) is 36.6 Å². The molecule has 0 unspecified atom stereocenters. The van der Waals surface area contributed by atoms with Crippen LogP contribution >= 0.6 is 0 Å². The van der Waals surface area contributed by atoms with Crippen molar-refractivity contribution in [2.45, 2.75) is 26.7 Å². The molecule has 0 aliphatic carbocycles. The van der Waals surface area contributed by atoms with E-state index < -0.39 is 5.91 Å². The van der Waals surface area contributed by atoms with Crippen molar-refractivity contribution in [1.82, 2.24) is 10.3 Å². The third-order valence-corrected chi connectivity index (χ3v) is 5.09. The predicted molar refractivity (Wildman–Crippen MR) is 119 cm³/mol. The number of nitrogens with one attached hydrogen (secondary N) is 2. The number of anilines is 1. The molecule has 2 aromatic rings. The molecule has 1 aliphatic heterocycles. The summed E-state index contributed by atoms with van der Waals surface area (Å²) in [6.45, 7) is 3.24. The summed E-state index contributed by atoms with van der Waals surface area (Å²) in [6, 6.07) is 7.85. The van der Waals surface area contributed by atoms with Crippen molar-refractivity contribution in [3.8, 4) is 16.9 Å². The van der Waals surface area contributed by atoms with E-state index in [9.17, 15) is 14.7 Å². The number of benzene rings is 1. The fourth-order valence-electron chi connectivity index (χ4n) is 3.52. The number of aryl methyl sites for hydroxylation is 1. The van der Waals surface area contributed by atoms with Gasteiger partial charge in [0.05, 0.1) is 18.3 Å². The molecule has 0 bridgehead atoms. The second-order valence-corrected chi connectivity index (χ2v) is 7.40. The molecule has 0 spiro atoms. The highest BCUT2D eigenvalue weighted by molar-refractivity contribution is 6.19. The standard InChI is InChI=1S/C23H26N4O4/c1-14(24)22(15(2)28)23(30)26-8-9-31-19-11-18(12-25-13-19)16-4-6-20-17(10-16)5-7-21(29)27(20)3/h4,6,10-13,24,28H,5,7-9H2,1-3H3,(H,26,30)/b22-15+,24-14?. The van der Waals surface area contributed by atoms with Gasteiger partial charge in [0.25, 0.3) is 5.91 Å². The average Bonchev–Trinajstić information content (AvgIpc) is 2.73. The van der Waals surface area contributed by atoms with E-state index in [0.717, 1.165) is 22.4 Å². The summed E-state index contributed by atoms with van der Waals surface area (Å²) in [6.07, 6.45) is 4.57. The van der Waals surface area contributed by atoms with Gasteiger partial charge in [-0.05, 0) is 49.6 Å². The number of fused-ring (bicyclic) bond motifs is 1. The maximum absolute atomic E-state index is 12.1. The van der Waals surface area contributed by atoms with Crippen LogP contribution in [0.5, 0.6) is 5.75 Å². The van der Waals surface area contributed by atoms with Gasteiger partial charge in [-0.2, -0.15) is 0 Å². The first-order chi connectivity index (χ1) is 14.8. The molecule has 162 valence electrons. The number of amides is 2. The van der Waals surface area contributed by atoms with E-state index in [0.29, 0.717) is 18.6 Å². The summed E-state index contributed by atoms with van der Waals surface area (Å²) >= 11 is 0. The normalized spacial score (nSPS) is 13.9. The molecule has 8 nitrogen and oxygen atoms in total. The molecule has 1 aliphatic rings. The summed E-state index contributed by atoms with van der Waals surface area (Å²) in [5.41, 5.74) is 3.90. The summed E-state index contributed by atoms with van der Waals surface area (Å²) in [7, 11) is 1.79. The number of aromatic nitrogens is 1. The Hall–Kier alpha value is -3.68. The molecule has 1 aromatic heterocycles. The second-order valence-electron chi connectivity index (χ2n) is 7.40. The molecule has 0 fully saturated rings. The van der Waals surface area contributed by atoms with E-state index in [1.807, 2.05) is 18.2 Å². The predicted octanol–water partition coefficient (Wildman–Crippen LogP) is 3.02. The molecule has 2 heterocycles. The van der Waals surface area contributed by atoms with E-state index in [2.05, 4.69) is 16.4 Å². The lowest BCUT2D eigenvalue weighted by molar-refractivity contribution is -0.119. The van der Waals surface area contributed by atoms with Gasteiger partial charge in [-0.15, -0.1) is 0 Å². The second kappa shape index (κ2) is 9.42. The smallest absolute Gasteiger partial charge is 0.256 e. The minimum Gasteiger partial charge on any atom is -0.512 e. The number of hydrogen-bond donors (Lipinski definition) is 3. The van der Waals surface area contributed by atoms with E-state index in [1.165, 1.54) is 13.8 Å². The summed E-state index contributed by atoms with van der Waals surface area (Å²) in [4.78, 5) is 29.9.